The molecule has 2 heterocycles. The van der Waals surface area contributed by atoms with E-state index < -0.39 is 5.91 Å². The number of amides is 2. The standard InChI is InChI=1S/C22H27N5O3/c1-14-21(22(29)25-15-11-24-26(12-15)13-20(23)28)18-10-17(30-2)8-9-19(18)27(14)16-6-4-3-5-7-16/h8-12,16H,3-7,13H2,1-2H3,(H2,23,28)(H,25,29). The van der Waals surface area contributed by atoms with Crippen LogP contribution >= 0.6 is 0 Å². The van der Waals surface area contributed by atoms with Crippen LogP contribution in [0.25, 0.3) is 10.9 Å². The second-order valence-corrected chi connectivity index (χ2v) is 7.85. The van der Waals surface area contributed by atoms with Gasteiger partial charge in [0.05, 0.1) is 24.6 Å². The Kier molecular flexibility index (Phi) is 5.48. The molecule has 2 amide bonds. The molecule has 3 N–H and O–H groups in total. The number of aromatic nitrogens is 3. The van der Waals surface area contributed by atoms with E-state index in [1.807, 2.05) is 25.1 Å². The van der Waals surface area contributed by atoms with E-state index in [2.05, 4.69) is 15.0 Å². The fourth-order valence-electron chi connectivity index (χ4n) is 4.51. The van der Waals surface area contributed by atoms with Crippen LogP contribution in [0.3, 0.4) is 0 Å². The summed E-state index contributed by atoms with van der Waals surface area (Å²) in [5.74, 6) is 0.0139. The molecule has 158 valence electrons. The normalized spacial score (nSPS) is 14.7. The van der Waals surface area contributed by atoms with E-state index in [1.165, 1.54) is 30.1 Å². The summed E-state index contributed by atoms with van der Waals surface area (Å²) in [5, 5.41) is 7.85. The molecule has 0 unspecified atom stereocenters. The van der Waals surface area contributed by atoms with E-state index in [4.69, 9.17) is 10.5 Å². The minimum absolute atomic E-state index is 0.0346. The van der Waals surface area contributed by atoms with Crippen molar-refractivity contribution in [3.05, 3.63) is 41.9 Å². The van der Waals surface area contributed by atoms with Crippen LogP contribution in [0.1, 0.15) is 54.2 Å². The first-order chi connectivity index (χ1) is 14.5. The number of nitrogens with one attached hydrogen (secondary N) is 1. The molecule has 8 nitrogen and oxygen atoms in total. The SMILES string of the molecule is COc1ccc2c(c1)c(C(=O)Nc1cnn(CC(N)=O)c1)c(C)n2C1CCCCC1. The van der Waals surface area contributed by atoms with E-state index in [1.54, 1.807) is 13.3 Å². The lowest BCUT2D eigenvalue weighted by atomic mass is 9.95. The first-order valence-electron chi connectivity index (χ1n) is 10.3. The molecule has 3 aromatic rings. The molecule has 2 aromatic heterocycles. The van der Waals surface area contributed by atoms with Gasteiger partial charge in [0, 0.05) is 28.8 Å². The minimum Gasteiger partial charge on any atom is -0.497 e. The lowest BCUT2D eigenvalue weighted by Crippen LogP contribution is -2.19. The number of fused-ring (bicyclic) bond motifs is 1. The van der Waals surface area contributed by atoms with Crippen molar-refractivity contribution < 1.29 is 14.3 Å². The Bertz CT molecular complexity index is 1090. The first kappa shape index (κ1) is 20.0. The van der Waals surface area contributed by atoms with Gasteiger partial charge in [-0.05, 0) is 38.0 Å². The molecule has 30 heavy (non-hydrogen) atoms. The van der Waals surface area contributed by atoms with Gasteiger partial charge < -0.3 is 20.4 Å². The third-order valence-corrected chi connectivity index (χ3v) is 5.83. The summed E-state index contributed by atoms with van der Waals surface area (Å²) in [4.78, 5) is 24.4. The van der Waals surface area contributed by atoms with Crippen LogP contribution in [-0.4, -0.2) is 33.3 Å². The van der Waals surface area contributed by atoms with Crippen LogP contribution in [0.2, 0.25) is 0 Å². The molecule has 4 rings (SSSR count). The third kappa shape index (κ3) is 3.77. The molecule has 1 aliphatic rings. The van der Waals surface area contributed by atoms with Gasteiger partial charge in [0.25, 0.3) is 5.91 Å². The molecule has 0 aliphatic heterocycles. The average molecular weight is 409 g/mol. The Morgan fingerprint density at radius 3 is 2.73 bits per heavy atom. The highest BCUT2D eigenvalue weighted by molar-refractivity contribution is 6.14. The van der Waals surface area contributed by atoms with Crippen LogP contribution in [0.5, 0.6) is 5.75 Å². The maximum atomic E-state index is 13.3. The zero-order valence-electron chi connectivity index (χ0n) is 17.4. The summed E-state index contributed by atoms with van der Waals surface area (Å²) < 4.78 is 9.13. The predicted molar refractivity (Wildman–Crippen MR) is 115 cm³/mol. The lowest BCUT2D eigenvalue weighted by molar-refractivity contribution is -0.118. The molecule has 0 bridgehead atoms. The van der Waals surface area contributed by atoms with Crippen LogP contribution in [0, 0.1) is 6.92 Å². The zero-order chi connectivity index (χ0) is 21.3. The molecule has 0 spiro atoms. The highest BCUT2D eigenvalue weighted by atomic mass is 16.5. The summed E-state index contributed by atoms with van der Waals surface area (Å²) in [6.07, 6.45) is 9.04. The monoisotopic (exact) mass is 409 g/mol. The summed E-state index contributed by atoms with van der Waals surface area (Å²) in [5.41, 5.74) is 8.36. The van der Waals surface area contributed by atoms with E-state index in [-0.39, 0.29) is 12.5 Å². The van der Waals surface area contributed by atoms with Gasteiger partial charge in [0.2, 0.25) is 5.91 Å². The van der Waals surface area contributed by atoms with Crippen molar-refractivity contribution in [1.82, 2.24) is 14.3 Å². The molecule has 0 radical (unpaired) electrons. The van der Waals surface area contributed by atoms with Gasteiger partial charge in [-0.15, -0.1) is 0 Å². The summed E-state index contributed by atoms with van der Waals surface area (Å²) in [7, 11) is 1.62. The third-order valence-electron chi connectivity index (χ3n) is 5.83. The van der Waals surface area contributed by atoms with Crippen molar-refractivity contribution in [2.45, 2.75) is 51.6 Å². The van der Waals surface area contributed by atoms with Crippen molar-refractivity contribution in [2.75, 3.05) is 12.4 Å². The Hall–Kier alpha value is -3.29. The number of anilines is 1. The number of hydrogen-bond acceptors (Lipinski definition) is 4. The number of primary amides is 1. The fraction of sp³-hybridized carbons (Fsp3) is 0.409. The average Bonchev–Trinajstić information content (AvgIpc) is 3.28. The maximum absolute atomic E-state index is 13.3. The molecule has 0 atom stereocenters. The molecular formula is C22H27N5O3. The summed E-state index contributed by atoms with van der Waals surface area (Å²) in [6, 6.07) is 6.30. The largest absolute Gasteiger partial charge is 0.497 e. The number of nitrogens with two attached hydrogens (primary N) is 1. The van der Waals surface area contributed by atoms with Crippen molar-refractivity contribution >= 4 is 28.4 Å². The van der Waals surface area contributed by atoms with E-state index in [0.717, 1.165) is 29.4 Å². The second-order valence-electron chi connectivity index (χ2n) is 7.85. The van der Waals surface area contributed by atoms with Gasteiger partial charge in [-0.3, -0.25) is 14.3 Å². The lowest BCUT2D eigenvalue weighted by Gasteiger charge is -2.26. The smallest absolute Gasteiger partial charge is 0.258 e. The van der Waals surface area contributed by atoms with Crippen molar-refractivity contribution in [3.8, 4) is 5.75 Å². The molecule has 1 aromatic carbocycles. The number of carbonyl (C=O) groups excluding carboxylic acids is 2. The number of nitrogens with zero attached hydrogens (tertiary/aromatic N) is 3. The number of methoxy groups -OCH3 is 1. The van der Waals surface area contributed by atoms with Gasteiger partial charge in [0.15, 0.2) is 0 Å². The molecule has 1 fully saturated rings. The van der Waals surface area contributed by atoms with Gasteiger partial charge in [-0.2, -0.15) is 5.10 Å². The summed E-state index contributed by atoms with van der Waals surface area (Å²) in [6.45, 7) is 1.97. The Morgan fingerprint density at radius 2 is 2.03 bits per heavy atom. The molecule has 0 saturated heterocycles. The number of benzene rings is 1. The predicted octanol–water partition coefficient (Wildman–Crippen LogP) is 3.40. The second kappa shape index (κ2) is 8.22. The summed E-state index contributed by atoms with van der Waals surface area (Å²) >= 11 is 0. The van der Waals surface area contributed by atoms with Crippen LogP contribution in [0.4, 0.5) is 5.69 Å². The van der Waals surface area contributed by atoms with Gasteiger partial charge >= 0.3 is 0 Å². The zero-order valence-corrected chi connectivity index (χ0v) is 17.4. The Morgan fingerprint density at radius 1 is 1.27 bits per heavy atom. The fourth-order valence-corrected chi connectivity index (χ4v) is 4.51. The molecule has 1 aliphatic carbocycles. The van der Waals surface area contributed by atoms with Gasteiger partial charge in [-0.1, -0.05) is 19.3 Å². The molecule has 1 saturated carbocycles. The highest BCUT2D eigenvalue weighted by Gasteiger charge is 2.26. The van der Waals surface area contributed by atoms with Gasteiger partial charge in [0.1, 0.15) is 12.3 Å². The number of carbonyl (C=O) groups is 2. The quantitative estimate of drug-likeness (QED) is 0.651. The number of hydrogen-bond donors (Lipinski definition) is 2. The van der Waals surface area contributed by atoms with Crippen LogP contribution in [-0.2, 0) is 11.3 Å². The van der Waals surface area contributed by atoms with E-state index in [0.29, 0.717) is 23.0 Å². The van der Waals surface area contributed by atoms with E-state index >= 15 is 0 Å². The van der Waals surface area contributed by atoms with Crippen LogP contribution < -0.4 is 15.8 Å². The first-order valence-corrected chi connectivity index (χ1v) is 10.3. The maximum Gasteiger partial charge on any atom is 0.258 e. The van der Waals surface area contributed by atoms with Crippen molar-refractivity contribution in [3.63, 3.8) is 0 Å². The topological polar surface area (TPSA) is 104 Å². The minimum atomic E-state index is -0.491. The van der Waals surface area contributed by atoms with Gasteiger partial charge in [-0.25, -0.2) is 0 Å². The van der Waals surface area contributed by atoms with Crippen molar-refractivity contribution in [1.29, 1.82) is 0 Å². The number of ether oxygens (including phenoxy) is 1. The molecular weight excluding hydrogens is 382 g/mol. The Labute approximate surface area is 175 Å². The Balaban J connectivity index is 1.73. The number of rotatable bonds is 6. The van der Waals surface area contributed by atoms with E-state index in [9.17, 15) is 9.59 Å². The molecule has 8 heteroatoms. The van der Waals surface area contributed by atoms with Crippen LogP contribution in [0.15, 0.2) is 30.6 Å². The highest BCUT2D eigenvalue weighted by Crippen LogP contribution is 2.37. The van der Waals surface area contributed by atoms with Crippen molar-refractivity contribution in [2.24, 2.45) is 5.73 Å².